The molecule has 0 radical (unpaired) electrons. The van der Waals surface area contributed by atoms with Crippen molar-refractivity contribution in [1.29, 1.82) is 0 Å². The van der Waals surface area contributed by atoms with E-state index in [-0.39, 0.29) is 0 Å². The summed E-state index contributed by atoms with van der Waals surface area (Å²) >= 11 is 0. The van der Waals surface area contributed by atoms with E-state index in [9.17, 15) is 5.11 Å². The number of likely N-dealkylation sites (tertiary alicyclic amines) is 1. The molecule has 0 aromatic rings. The standard InChI is InChI=1S/C12H23NO/c14-12(8-4-3-5-9-12)13-10-6-1-2-7-11-13/h14H,1-11H2. The highest BCUT2D eigenvalue weighted by Crippen LogP contribution is 2.32. The van der Waals surface area contributed by atoms with Gasteiger partial charge in [-0.3, -0.25) is 4.90 Å². The van der Waals surface area contributed by atoms with Gasteiger partial charge in [-0.15, -0.1) is 0 Å². The summed E-state index contributed by atoms with van der Waals surface area (Å²) in [6.45, 7) is 2.24. The molecule has 2 fully saturated rings. The third-order valence-corrected chi connectivity index (χ3v) is 3.85. The van der Waals surface area contributed by atoms with Gasteiger partial charge in [0, 0.05) is 13.1 Å². The minimum Gasteiger partial charge on any atom is -0.376 e. The Morgan fingerprint density at radius 3 is 1.79 bits per heavy atom. The average molecular weight is 197 g/mol. The fraction of sp³-hybridized carbons (Fsp3) is 1.00. The zero-order valence-corrected chi connectivity index (χ0v) is 9.17. The lowest BCUT2D eigenvalue weighted by Gasteiger charge is -2.42. The van der Waals surface area contributed by atoms with Gasteiger partial charge in [0.2, 0.25) is 0 Å². The summed E-state index contributed by atoms with van der Waals surface area (Å²) in [5.74, 6) is 0. The van der Waals surface area contributed by atoms with E-state index in [4.69, 9.17) is 0 Å². The van der Waals surface area contributed by atoms with Crippen LogP contribution in [0.3, 0.4) is 0 Å². The second kappa shape index (κ2) is 4.63. The minimum absolute atomic E-state index is 0.428. The van der Waals surface area contributed by atoms with Crippen LogP contribution in [0.1, 0.15) is 57.8 Å². The first-order valence-corrected chi connectivity index (χ1v) is 6.29. The molecule has 1 saturated heterocycles. The van der Waals surface area contributed by atoms with Crippen LogP contribution < -0.4 is 0 Å². The highest BCUT2D eigenvalue weighted by molar-refractivity contribution is 4.83. The normalized spacial score (nSPS) is 29.8. The third kappa shape index (κ3) is 2.29. The second-order valence-corrected chi connectivity index (χ2v) is 4.94. The predicted octanol–water partition coefficient (Wildman–Crippen LogP) is 2.52. The van der Waals surface area contributed by atoms with E-state index < -0.39 is 5.72 Å². The summed E-state index contributed by atoms with van der Waals surface area (Å²) in [6.07, 6.45) is 11.0. The fourth-order valence-electron chi connectivity index (χ4n) is 2.92. The van der Waals surface area contributed by atoms with Crippen molar-refractivity contribution in [1.82, 2.24) is 4.90 Å². The molecule has 0 spiro atoms. The molecule has 0 amide bonds. The van der Waals surface area contributed by atoms with Crippen molar-refractivity contribution in [2.24, 2.45) is 0 Å². The quantitative estimate of drug-likeness (QED) is 0.698. The number of hydrogen-bond donors (Lipinski definition) is 1. The second-order valence-electron chi connectivity index (χ2n) is 4.94. The Hall–Kier alpha value is -0.0800. The number of aliphatic hydroxyl groups is 1. The molecular weight excluding hydrogens is 174 g/mol. The minimum atomic E-state index is -0.428. The lowest BCUT2D eigenvalue weighted by atomic mass is 9.90. The molecule has 1 heterocycles. The number of hydrogen-bond acceptors (Lipinski definition) is 2. The van der Waals surface area contributed by atoms with E-state index in [0.717, 1.165) is 25.9 Å². The zero-order valence-electron chi connectivity index (χ0n) is 9.17. The first-order chi connectivity index (χ1) is 6.81. The monoisotopic (exact) mass is 197 g/mol. The Morgan fingerprint density at radius 2 is 1.21 bits per heavy atom. The maximum absolute atomic E-state index is 10.5. The highest BCUT2D eigenvalue weighted by Gasteiger charge is 2.35. The summed E-state index contributed by atoms with van der Waals surface area (Å²) in [5.41, 5.74) is -0.428. The summed E-state index contributed by atoms with van der Waals surface area (Å²) in [4.78, 5) is 2.36. The third-order valence-electron chi connectivity index (χ3n) is 3.85. The van der Waals surface area contributed by atoms with Gasteiger partial charge in [0.1, 0.15) is 5.72 Å². The van der Waals surface area contributed by atoms with Crippen molar-refractivity contribution in [3.63, 3.8) is 0 Å². The SMILES string of the molecule is OC1(N2CCCCCC2)CCCCC1. The molecule has 0 aromatic carbocycles. The molecule has 1 saturated carbocycles. The lowest BCUT2D eigenvalue weighted by molar-refractivity contribution is -0.130. The van der Waals surface area contributed by atoms with Gasteiger partial charge in [0.05, 0.1) is 0 Å². The van der Waals surface area contributed by atoms with Crippen LogP contribution in [0.2, 0.25) is 0 Å². The van der Waals surface area contributed by atoms with Gasteiger partial charge < -0.3 is 5.11 Å². The molecule has 14 heavy (non-hydrogen) atoms. The molecule has 82 valence electrons. The molecule has 1 aliphatic heterocycles. The van der Waals surface area contributed by atoms with Gasteiger partial charge in [-0.1, -0.05) is 19.3 Å². The Balaban J connectivity index is 1.95. The van der Waals surface area contributed by atoms with Gasteiger partial charge in [-0.05, 0) is 38.5 Å². The predicted molar refractivity (Wildman–Crippen MR) is 58.1 cm³/mol. The van der Waals surface area contributed by atoms with Crippen molar-refractivity contribution in [3.8, 4) is 0 Å². The van der Waals surface area contributed by atoms with Gasteiger partial charge in [0.15, 0.2) is 0 Å². The number of nitrogens with zero attached hydrogens (tertiary/aromatic N) is 1. The molecule has 1 aliphatic carbocycles. The van der Waals surface area contributed by atoms with Crippen LogP contribution in [0.25, 0.3) is 0 Å². The molecule has 0 bridgehead atoms. The maximum atomic E-state index is 10.5. The molecule has 0 unspecified atom stereocenters. The van der Waals surface area contributed by atoms with Crippen LogP contribution in [0.5, 0.6) is 0 Å². The smallest absolute Gasteiger partial charge is 0.118 e. The lowest BCUT2D eigenvalue weighted by Crippen LogP contribution is -2.50. The van der Waals surface area contributed by atoms with Crippen molar-refractivity contribution in [2.75, 3.05) is 13.1 Å². The van der Waals surface area contributed by atoms with E-state index >= 15 is 0 Å². The van der Waals surface area contributed by atoms with Gasteiger partial charge >= 0.3 is 0 Å². The average Bonchev–Trinajstić information content (AvgIpc) is 2.47. The molecule has 0 aromatic heterocycles. The molecule has 1 N–H and O–H groups in total. The maximum Gasteiger partial charge on any atom is 0.118 e. The summed E-state index contributed by atoms with van der Waals surface area (Å²) in [7, 11) is 0. The zero-order chi connectivity index (χ0) is 9.86. The highest BCUT2D eigenvalue weighted by atomic mass is 16.3. The molecular formula is C12H23NO. The topological polar surface area (TPSA) is 23.5 Å². The van der Waals surface area contributed by atoms with E-state index in [2.05, 4.69) is 4.90 Å². The fourth-order valence-corrected chi connectivity index (χ4v) is 2.92. The van der Waals surface area contributed by atoms with E-state index in [1.807, 2.05) is 0 Å². The van der Waals surface area contributed by atoms with Crippen LogP contribution in [0.4, 0.5) is 0 Å². The van der Waals surface area contributed by atoms with Crippen LogP contribution in [0, 0.1) is 0 Å². The van der Waals surface area contributed by atoms with E-state index in [0.29, 0.717) is 0 Å². The Labute approximate surface area is 87.3 Å². The van der Waals surface area contributed by atoms with Crippen molar-refractivity contribution < 1.29 is 5.11 Å². The molecule has 0 atom stereocenters. The van der Waals surface area contributed by atoms with Gasteiger partial charge in [-0.25, -0.2) is 0 Å². The van der Waals surface area contributed by atoms with Crippen LogP contribution >= 0.6 is 0 Å². The van der Waals surface area contributed by atoms with Gasteiger partial charge in [-0.2, -0.15) is 0 Å². The molecule has 2 heteroatoms. The van der Waals surface area contributed by atoms with Crippen molar-refractivity contribution >= 4 is 0 Å². The van der Waals surface area contributed by atoms with Crippen LogP contribution in [-0.2, 0) is 0 Å². The molecule has 2 nitrogen and oxygen atoms in total. The van der Waals surface area contributed by atoms with E-state index in [1.54, 1.807) is 0 Å². The van der Waals surface area contributed by atoms with E-state index in [1.165, 1.54) is 44.9 Å². The van der Waals surface area contributed by atoms with Crippen LogP contribution in [0.15, 0.2) is 0 Å². The molecule has 2 aliphatic rings. The summed E-state index contributed by atoms with van der Waals surface area (Å²) in [5, 5.41) is 10.5. The molecule has 2 rings (SSSR count). The van der Waals surface area contributed by atoms with Crippen molar-refractivity contribution in [2.45, 2.75) is 63.5 Å². The number of rotatable bonds is 1. The summed E-state index contributed by atoms with van der Waals surface area (Å²) < 4.78 is 0. The first-order valence-electron chi connectivity index (χ1n) is 6.29. The van der Waals surface area contributed by atoms with Crippen molar-refractivity contribution in [3.05, 3.63) is 0 Å². The summed E-state index contributed by atoms with van der Waals surface area (Å²) in [6, 6.07) is 0. The first kappa shape index (κ1) is 10.4. The van der Waals surface area contributed by atoms with Crippen LogP contribution in [-0.4, -0.2) is 28.8 Å². The Kier molecular flexibility index (Phi) is 3.45. The van der Waals surface area contributed by atoms with Gasteiger partial charge in [0.25, 0.3) is 0 Å². The largest absolute Gasteiger partial charge is 0.376 e. The Bertz CT molecular complexity index is 167. The Morgan fingerprint density at radius 1 is 0.714 bits per heavy atom.